The molecular formula is C14H26N2O3. The molecule has 0 radical (unpaired) electrons. The number of carbonyl (C=O) groups excluding carboxylic acids is 2. The average Bonchev–Trinajstić information content (AvgIpc) is 2.81. The summed E-state index contributed by atoms with van der Waals surface area (Å²) in [5.41, 5.74) is -0.388. The summed E-state index contributed by atoms with van der Waals surface area (Å²) in [6, 6.07) is -0.00309. The van der Waals surface area contributed by atoms with Gasteiger partial charge in [-0.1, -0.05) is 20.8 Å². The van der Waals surface area contributed by atoms with E-state index in [1.165, 1.54) is 0 Å². The molecule has 1 atom stereocenters. The third-order valence-corrected chi connectivity index (χ3v) is 3.44. The number of rotatable bonds is 5. The topological polar surface area (TPSA) is 69.6 Å². The highest BCUT2D eigenvalue weighted by molar-refractivity contribution is 5.81. The lowest BCUT2D eigenvalue weighted by atomic mass is 9.96. The SMILES string of the molecule is CC(C)(C)C(=O)NCCCC(=O)N1CCC[C@H]1CO. The van der Waals surface area contributed by atoms with Crippen molar-refractivity contribution in [3.05, 3.63) is 0 Å². The van der Waals surface area contributed by atoms with E-state index < -0.39 is 0 Å². The van der Waals surface area contributed by atoms with E-state index in [2.05, 4.69) is 5.32 Å². The zero-order valence-corrected chi connectivity index (χ0v) is 12.2. The molecule has 1 aliphatic rings. The molecule has 1 rings (SSSR count). The van der Waals surface area contributed by atoms with Crippen molar-refractivity contribution in [2.24, 2.45) is 5.41 Å². The van der Waals surface area contributed by atoms with E-state index in [0.29, 0.717) is 19.4 Å². The average molecular weight is 270 g/mol. The number of nitrogens with one attached hydrogen (secondary N) is 1. The minimum Gasteiger partial charge on any atom is -0.394 e. The minimum absolute atomic E-state index is 0.00309. The van der Waals surface area contributed by atoms with Crippen molar-refractivity contribution in [1.82, 2.24) is 10.2 Å². The highest BCUT2D eigenvalue weighted by atomic mass is 16.3. The molecule has 0 aromatic heterocycles. The van der Waals surface area contributed by atoms with Crippen molar-refractivity contribution in [2.75, 3.05) is 19.7 Å². The third kappa shape index (κ3) is 4.82. The highest BCUT2D eigenvalue weighted by Crippen LogP contribution is 2.18. The van der Waals surface area contributed by atoms with Crippen LogP contribution in [0.15, 0.2) is 0 Å². The van der Waals surface area contributed by atoms with Gasteiger partial charge in [0.1, 0.15) is 0 Å². The first-order valence-corrected chi connectivity index (χ1v) is 7.05. The molecule has 0 aromatic rings. The zero-order valence-electron chi connectivity index (χ0n) is 12.2. The van der Waals surface area contributed by atoms with Gasteiger partial charge in [-0.05, 0) is 19.3 Å². The Bertz CT molecular complexity index is 323. The second-order valence-corrected chi connectivity index (χ2v) is 6.18. The first-order valence-electron chi connectivity index (χ1n) is 7.05. The molecule has 0 aliphatic carbocycles. The van der Waals surface area contributed by atoms with Crippen molar-refractivity contribution in [3.8, 4) is 0 Å². The van der Waals surface area contributed by atoms with Crippen LogP contribution in [0.2, 0.25) is 0 Å². The molecule has 0 bridgehead atoms. The van der Waals surface area contributed by atoms with Crippen molar-refractivity contribution >= 4 is 11.8 Å². The summed E-state index contributed by atoms with van der Waals surface area (Å²) in [6.07, 6.45) is 2.94. The molecule has 0 spiro atoms. The molecule has 1 aliphatic heterocycles. The normalized spacial score (nSPS) is 19.6. The zero-order chi connectivity index (χ0) is 14.5. The fourth-order valence-corrected chi connectivity index (χ4v) is 2.20. The Morgan fingerprint density at radius 1 is 1.37 bits per heavy atom. The molecule has 110 valence electrons. The van der Waals surface area contributed by atoms with Crippen LogP contribution in [0, 0.1) is 5.41 Å². The van der Waals surface area contributed by atoms with Crippen molar-refractivity contribution in [1.29, 1.82) is 0 Å². The second-order valence-electron chi connectivity index (χ2n) is 6.18. The molecular weight excluding hydrogens is 244 g/mol. The summed E-state index contributed by atoms with van der Waals surface area (Å²) in [6.45, 7) is 6.92. The number of nitrogens with zero attached hydrogens (tertiary/aromatic N) is 1. The molecule has 5 heteroatoms. The second kappa shape index (κ2) is 6.89. The van der Waals surface area contributed by atoms with Gasteiger partial charge in [0.2, 0.25) is 11.8 Å². The molecule has 0 saturated carbocycles. The molecule has 2 N–H and O–H groups in total. The summed E-state index contributed by atoms with van der Waals surface area (Å²) in [7, 11) is 0. The maximum Gasteiger partial charge on any atom is 0.225 e. The number of hydrogen-bond acceptors (Lipinski definition) is 3. The first kappa shape index (κ1) is 16.0. The largest absolute Gasteiger partial charge is 0.394 e. The van der Waals surface area contributed by atoms with Crippen molar-refractivity contribution in [3.63, 3.8) is 0 Å². The summed E-state index contributed by atoms with van der Waals surface area (Å²) in [4.78, 5) is 25.4. The van der Waals surface area contributed by atoms with E-state index in [9.17, 15) is 9.59 Å². The van der Waals surface area contributed by atoms with E-state index in [1.807, 2.05) is 20.8 Å². The van der Waals surface area contributed by atoms with Crippen molar-refractivity contribution in [2.45, 2.75) is 52.5 Å². The van der Waals surface area contributed by atoms with Crippen molar-refractivity contribution < 1.29 is 14.7 Å². The molecule has 1 heterocycles. The Morgan fingerprint density at radius 2 is 2.05 bits per heavy atom. The van der Waals surface area contributed by atoms with Crippen LogP contribution in [-0.2, 0) is 9.59 Å². The van der Waals surface area contributed by atoms with Crippen LogP contribution in [0.3, 0.4) is 0 Å². The van der Waals surface area contributed by atoms with Gasteiger partial charge in [-0.15, -0.1) is 0 Å². The first-order chi connectivity index (χ1) is 8.86. The third-order valence-electron chi connectivity index (χ3n) is 3.44. The maximum absolute atomic E-state index is 12.0. The molecule has 0 unspecified atom stereocenters. The summed E-state index contributed by atoms with van der Waals surface area (Å²) >= 11 is 0. The van der Waals surface area contributed by atoms with Gasteiger partial charge < -0.3 is 15.3 Å². The van der Waals surface area contributed by atoms with Crippen LogP contribution in [0.5, 0.6) is 0 Å². The maximum atomic E-state index is 12.0. The summed E-state index contributed by atoms with van der Waals surface area (Å²) in [5, 5.41) is 12.0. The molecule has 19 heavy (non-hydrogen) atoms. The predicted octanol–water partition coefficient (Wildman–Crippen LogP) is 0.912. The van der Waals surface area contributed by atoms with E-state index >= 15 is 0 Å². The Morgan fingerprint density at radius 3 is 2.63 bits per heavy atom. The number of aliphatic hydroxyl groups is 1. The Labute approximate surface area is 115 Å². The fraction of sp³-hybridized carbons (Fsp3) is 0.857. The Hall–Kier alpha value is -1.10. The standard InChI is InChI=1S/C14H26N2O3/c1-14(2,3)13(19)15-8-4-7-12(18)16-9-5-6-11(16)10-17/h11,17H,4-10H2,1-3H3,(H,15,19)/t11-/m0/s1. The monoisotopic (exact) mass is 270 g/mol. The summed E-state index contributed by atoms with van der Waals surface area (Å²) < 4.78 is 0. The smallest absolute Gasteiger partial charge is 0.225 e. The van der Waals surface area contributed by atoms with E-state index in [-0.39, 0.29) is 29.9 Å². The lowest BCUT2D eigenvalue weighted by Crippen LogP contribution is -2.38. The van der Waals surface area contributed by atoms with E-state index in [1.54, 1.807) is 4.90 Å². The Balaban J connectivity index is 2.23. The van der Waals surface area contributed by atoms with Gasteiger partial charge >= 0.3 is 0 Å². The predicted molar refractivity (Wildman–Crippen MR) is 73.5 cm³/mol. The van der Waals surface area contributed by atoms with Gasteiger partial charge in [0.15, 0.2) is 0 Å². The van der Waals surface area contributed by atoms with Gasteiger partial charge in [0.05, 0.1) is 12.6 Å². The number of carbonyl (C=O) groups is 2. The van der Waals surface area contributed by atoms with Gasteiger partial charge in [0.25, 0.3) is 0 Å². The van der Waals surface area contributed by atoms with Crippen LogP contribution in [0.25, 0.3) is 0 Å². The number of hydrogen-bond donors (Lipinski definition) is 2. The van der Waals surface area contributed by atoms with E-state index in [0.717, 1.165) is 19.4 Å². The van der Waals surface area contributed by atoms with E-state index in [4.69, 9.17) is 5.11 Å². The van der Waals surface area contributed by atoms with Crippen LogP contribution >= 0.6 is 0 Å². The van der Waals surface area contributed by atoms with Crippen LogP contribution in [-0.4, -0.2) is 47.6 Å². The number of amides is 2. The lowest BCUT2D eigenvalue weighted by molar-refractivity contribution is -0.133. The Kier molecular flexibility index (Phi) is 5.79. The van der Waals surface area contributed by atoms with Gasteiger partial charge in [-0.25, -0.2) is 0 Å². The molecule has 1 saturated heterocycles. The summed E-state index contributed by atoms with van der Waals surface area (Å²) in [5.74, 6) is 0.0934. The number of likely N-dealkylation sites (tertiary alicyclic amines) is 1. The molecule has 5 nitrogen and oxygen atoms in total. The van der Waals surface area contributed by atoms with Crippen LogP contribution in [0.4, 0.5) is 0 Å². The minimum atomic E-state index is -0.388. The fourth-order valence-electron chi connectivity index (χ4n) is 2.20. The molecule has 2 amide bonds. The highest BCUT2D eigenvalue weighted by Gasteiger charge is 2.27. The van der Waals surface area contributed by atoms with Crippen LogP contribution in [0.1, 0.15) is 46.5 Å². The number of aliphatic hydroxyl groups excluding tert-OH is 1. The van der Waals surface area contributed by atoms with Gasteiger partial charge in [-0.3, -0.25) is 9.59 Å². The lowest BCUT2D eigenvalue weighted by Gasteiger charge is -2.23. The quantitative estimate of drug-likeness (QED) is 0.730. The molecule has 0 aromatic carbocycles. The van der Waals surface area contributed by atoms with Gasteiger partial charge in [0, 0.05) is 24.9 Å². The molecule has 1 fully saturated rings. The van der Waals surface area contributed by atoms with Crippen LogP contribution < -0.4 is 5.32 Å². The van der Waals surface area contributed by atoms with Gasteiger partial charge in [-0.2, -0.15) is 0 Å².